The number of hydrogen-bond acceptors (Lipinski definition) is 2. The van der Waals surface area contributed by atoms with Gasteiger partial charge in [0.05, 0.1) is 0 Å². The molecule has 0 spiro atoms. The summed E-state index contributed by atoms with van der Waals surface area (Å²) in [7, 11) is 2.14. The van der Waals surface area contributed by atoms with Gasteiger partial charge in [-0.3, -0.25) is 4.90 Å². The molecule has 2 nitrogen and oxygen atoms in total. The number of benzene rings is 1. The summed E-state index contributed by atoms with van der Waals surface area (Å²) in [6, 6.07) is 6.46. The highest BCUT2D eigenvalue weighted by atomic mass is 79.9. The van der Waals surface area contributed by atoms with Crippen LogP contribution in [0.25, 0.3) is 0 Å². The minimum atomic E-state index is 0.0694. The molecule has 96 valence electrons. The maximum absolute atomic E-state index is 5.78. The monoisotopic (exact) mass is 298 g/mol. The number of likely N-dealkylation sites (N-methyl/N-ethyl adjacent to an activating group) is 1. The Morgan fingerprint density at radius 2 is 2.00 bits per heavy atom. The van der Waals surface area contributed by atoms with Crippen molar-refractivity contribution in [2.75, 3.05) is 20.1 Å². The Kier molecular flexibility index (Phi) is 5.17. The minimum absolute atomic E-state index is 0.0694. The molecule has 0 unspecified atom stereocenters. The molecule has 3 heteroatoms. The zero-order chi connectivity index (χ0) is 13.1. The molecule has 0 radical (unpaired) electrons. The van der Waals surface area contributed by atoms with Gasteiger partial charge in [-0.2, -0.15) is 0 Å². The Bertz CT molecular complexity index is 374. The Morgan fingerprint density at radius 3 is 2.59 bits per heavy atom. The zero-order valence-corrected chi connectivity index (χ0v) is 12.8. The fourth-order valence-electron chi connectivity index (χ4n) is 1.66. The van der Waals surface area contributed by atoms with Crippen LogP contribution in [-0.4, -0.2) is 30.6 Å². The van der Waals surface area contributed by atoms with Crippen molar-refractivity contribution >= 4 is 15.9 Å². The molecular formula is C14H23BrN2. The molecular weight excluding hydrogens is 276 g/mol. The molecule has 0 aliphatic carbocycles. The summed E-state index contributed by atoms with van der Waals surface area (Å²) < 4.78 is 1.15. The molecule has 0 heterocycles. The van der Waals surface area contributed by atoms with E-state index < -0.39 is 0 Å². The van der Waals surface area contributed by atoms with Gasteiger partial charge in [-0.05, 0) is 57.5 Å². The second kappa shape index (κ2) is 5.98. The van der Waals surface area contributed by atoms with E-state index in [4.69, 9.17) is 5.73 Å². The maximum atomic E-state index is 5.78. The fourth-order valence-corrected chi connectivity index (χ4v) is 2.06. The number of rotatable bonds is 5. The Hall–Kier alpha value is -0.380. The van der Waals surface area contributed by atoms with Crippen molar-refractivity contribution in [1.29, 1.82) is 0 Å². The lowest BCUT2D eigenvalue weighted by atomic mass is 10.0. The second-order valence-electron chi connectivity index (χ2n) is 5.26. The van der Waals surface area contributed by atoms with E-state index in [1.165, 1.54) is 11.1 Å². The highest BCUT2D eigenvalue weighted by molar-refractivity contribution is 9.10. The smallest absolute Gasteiger partial charge is 0.0272 e. The van der Waals surface area contributed by atoms with Crippen molar-refractivity contribution in [2.24, 2.45) is 5.73 Å². The van der Waals surface area contributed by atoms with Crippen LogP contribution in [0.15, 0.2) is 22.7 Å². The topological polar surface area (TPSA) is 29.3 Å². The molecule has 0 amide bonds. The lowest BCUT2D eigenvalue weighted by Crippen LogP contribution is -2.47. The van der Waals surface area contributed by atoms with Crippen LogP contribution in [0.5, 0.6) is 0 Å². The van der Waals surface area contributed by atoms with E-state index in [9.17, 15) is 0 Å². The summed E-state index contributed by atoms with van der Waals surface area (Å²) >= 11 is 3.52. The average molecular weight is 299 g/mol. The third-order valence-electron chi connectivity index (χ3n) is 3.56. The predicted molar refractivity (Wildman–Crippen MR) is 78.3 cm³/mol. The van der Waals surface area contributed by atoms with E-state index >= 15 is 0 Å². The van der Waals surface area contributed by atoms with Crippen LogP contribution in [0.2, 0.25) is 0 Å². The second-order valence-corrected chi connectivity index (χ2v) is 6.17. The molecule has 0 bridgehead atoms. The summed E-state index contributed by atoms with van der Waals surface area (Å²) in [5, 5.41) is 0. The van der Waals surface area contributed by atoms with Gasteiger partial charge in [-0.15, -0.1) is 0 Å². The SMILES string of the molecule is Cc1ccc(Br)cc1CCN(C)C(C)(C)CN. The number of aryl methyl sites for hydroxylation is 1. The molecule has 17 heavy (non-hydrogen) atoms. The largest absolute Gasteiger partial charge is 0.329 e. The molecule has 2 N–H and O–H groups in total. The molecule has 0 aromatic heterocycles. The third-order valence-corrected chi connectivity index (χ3v) is 4.05. The van der Waals surface area contributed by atoms with Gasteiger partial charge in [0.25, 0.3) is 0 Å². The van der Waals surface area contributed by atoms with Crippen LogP contribution >= 0.6 is 15.9 Å². The zero-order valence-electron chi connectivity index (χ0n) is 11.3. The molecule has 1 aromatic carbocycles. The van der Waals surface area contributed by atoms with Crippen molar-refractivity contribution in [3.8, 4) is 0 Å². The summed E-state index contributed by atoms with van der Waals surface area (Å²) in [5.41, 5.74) is 8.61. The quantitative estimate of drug-likeness (QED) is 0.905. The highest BCUT2D eigenvalue weighted by Gasteiger charge is 2.20. The summed E-state index contributed by atoms with van der Waals surface area (Å²) in [6.07, 6.45) is 1.06. The van der Waals surface area contributed by atoms with Crippen LogP contribution in [0.4, 0.5) is 0 Å². The molecule has 1 aromatic rings. The minimum Gasteiger partial charge on any atom is -0.329 e. The summed E-state index contributed by atoms with van der Waals surface area (Å²) in [4.78, 5) is 2.33. The first-order valence-electron chi connectivity index (χ1n) is 6.03. The first-order chi connectivity index (χ1) is 7.86. The molecule has 0 atom stereocenters. The van der Waals surface area contributed by atoms with Crippen LogP contribution in [0.1, 0.15) is 25.0 Å². The molecule has 1 rings (SSSR count). The first-order valence-corrected chi connectivity index (χ1v) is 6.82. The third kappa shape index (κ3) is 4.09. The number of halogens is 1. The van der Waals surface area contributed by atoms with Crippen LogP contribution < -0.4 is 5.73 Å². The van der Waals surface area contributed by atoms with E-state index in [1.807, 2.05) is 0 Å². The number of nitrogens with two attached hydrogens (primary N) is 1. The Morgan fingerprint density at radius 1 is 1.35 bits per heavy atom. The van der Waals surface area contributed by atoms with Crippen molar-refractivity contribution in [2.45, 2.75) is 32.7 Å². The van der Waals surface area contributed by atoms with Gasteiger partial charge in [-0.25, -0.2) is 0 Å². The average Bonchev–Trinajstić information content (AvgIpc) is 2.29. The molecule has 0 saturated heterocycles. The van der Waals surface area contributed by atoms with Crippen molar-refractivity contribution in [3.63, 3.8) is 0 Å². The van der Waals surface area contributed by atoms with Gasteiger partial charge in [-0.1, -0.05) is 22.0 Å². The fraction of sp³-hybridized carbons (Fsp3) is 0.571. The molecule has 0 aliphatic rings. The molecule has 0 saturated carbocycles. The first kappa shape index (κ1) is 14.7. The predicted octanol–water partition coefficient (Wildman–Crippen LogP) is 2.97. The van der Waals surface area contributed by atoms with Gasteiger partial charge in [0.1, 0.15) is 0 Å². The van der Waals surface area contributed by atoms with Crippen LogP contribution in [0.3, 0.4) is 0 Å². The van der Waals surface area contributed by atoms with Crippen molar-refractivity contribution in [1.82, 2.24) is 4.90 Å². The van der Waals surface area contributed by atoms with E-state index in [1.54, 1.807) is 0 Å². The molecule has 0 fully saturated rings. The van der Waals surface area contributed by atoms with E-state index in [0.717, 1.165) is 17.4 Å². The highest BCUT2D eigenvalue weighted by Crippen LogP contribution is 2.18. The van der Waals surface area contributed by atoms with E-state index in [-0.39, 0.29) is 5.54 Å². The maximum Gasteiger partial charge on any atom is 0.0272 e. The summed E-state index contributed by atoms with van der Waals surface area (Å²) in [6.45, 7) is 8.24. The Labute approximate surface area is 113 Å². The normalized spacial score (nSPS) is 12.2. The summed E-state index contributed by atoms with van der Waals surface area (Å²) in [5.74, 6) is 0. The van der Waals surface area contributed by atoms with Gasteiger partial charge < -0.3 is 5.73 Å². The lowest BCUT2D eigenvalue weighted by molar-refractivity contribution is 0.166. The van der Waals surface area contributed by atoms with Gasteiger partial charge in [0, 0.05) is 23.1 Å². The van der Waals surface area contributed by atoms with E-state index in [2.05, 4.69) is 66.8 Å². The standard InChI is InChI=1S/C14H23BrN2/c1-11-5-6-13(15)9-12(11)7-8-17(4)14(2,3)10-16/h5-6,9H,7-8,10,16H2,1-4H3. The lowest BCUT2D eigenvalue weighted by Gasteiger charge is -2.34. The number of hydrogen-bond donors (Lipinski definition) is 1. The van der Waals surface area contributed by atoms with Crippen molar-refractivity contribution < 1.29 is 0 Å². The van der Waals surface area contributed by atoms with Gasteiger partial charge >= 0.3 is 0 Å². The van der Waals surface area contributed by atoms with E-state index in [0.29, 0.717) is 6.54 Å². The Balaban J connectivity index is 2.64. The van der Waals surface area contributed by atoms with Crippen LogP contribution in [0, 0.1) is 6.92 Å². The van der Waals surface area contributed by atoms with Crippen molar-refractivity contribution in [3.05, 3.63) is 33.8 Å². The number of nitrogens with zero attached hydrogens (tertiary/aromatic N) is 1. The van der Waals surface area contributed by atoms with Gasteiger partial charge in [0.2, 0.25) is 0 Å². The molecule has 0 aliphatic heterocycles. The van der Waals surface area contributed by atoms with Crippen LogP contribution in [-0.2, 0) is 6.42 Å². The van der Waals surface area contributed by atoms with Gasteiger partial charge in [0.15, 0.2) is 0 Å².